The quantitative estimate of drug-likeness (QED) is 0.816. The SMILES string of the molecule is CC(C)NCC1CCC1N(C)CCc1cccs1. The van der Waals surface area contributed by atoms with Gasteiger partial charge >= 0.3 is 0 Å². The van der Waals surface area contributed by atoms with Gasteiger partial charge in [-0.3, -0.25) is 0 Å². The van der Waals surface area contributed by atoms with Crippen LogP contribution in [0.2, 0.25) is 0 Å². The maximum Gasteiger partial charge on any atom is 0.0133 e. The number of nitrogens with one attached hydrogen (secondary N) is 1. The molecule has 1 saturated carbocycles. The van der Waals surface area contributed by atoms with Gasteiger partial charge in [0, 0.05) is 23.5 Å². The first-order valence-electron chi connectivity index (χ1n) is 7.13. The van der Waals surface area contributed by atoms with Gasteiger partial charge in [0.05, 0.1) is 0 Å². The molecule has 1 aromatic heterocycles. The van der Waals surface area contributed by atoms with E-state index in [-0.39, 0.29) is 0 Å². The Morgan fingerprint density at radius 2 is 2.28 bits per heavy atom. The van der Waals surface area contributed by atoms with Crippen LogP contribution in [0.15, 0.2) is 17.5 Å². The summed E-state index contributed by atoms with van der Waals surface area (Å²) < 4.78 is 0. The normalized spacial score (nSPS) is 23.6. The fourth-order valence-corrected chi connectivity index (χ4v) is 3.36. The second-order valence-electron chi connectivity index (χ2n) is 5.78. The second kappa shape index (κ2) is 6.69. The molecule has 2 unspecified atom stereocenters. The second-order valence-corrected chi connectivity index (χ2v) is 6.81. The summed E-state index contributed by atoms with van der Waals surface area (Å²) in [6.07, 6.45) is 3.98. The minimum atomic E-state index is 0.614. The maximum atomic E-state index is 3.58. The Kier molecular flexibility index (Phi) is 5.22. The van der Waals surface area contributed by atoms with Crippen molar-refractivity contribution in [1.29, 1.82) is 0 Å². The minimum absolute atomic E-state index is 0.614. The lowest BCUT2D eigenvalue weighted by Gasteiger charge is -2.43. The molecule has 0 aromatic carbocycles. The number of nitrogens with zero attached hydrogens (tertiary/aromatic N) is 1. The van der Waals surface area contributed by atoms with Gasteiger partial charge in [0.15, 0.2) is 0 Å². The molecule has 1 aromatic rings. The van der Waals surface area contributed by atoms with Crippen molar-refractivity contribution >= 4 is 11.3 Å². The molecular weight excluding hydrogens is 240 g/mol. The van der Waals surface area contributed by atoms with E-state index >= 15 is 0 Å². The van der Waals surface area contributed by atoms with E-state index in [9.17, 15) is 0 Å². The van der Waals surface area contributed by atoms with Gasteiger partial charge in [-0.1, -0.05) is 19.9 Å². The topological polar surface area (TPSA) is 15.3 Å². The van der Waals surface area contributed by atoms with Gasteiger partial charge in [0.1, 0.15) is 0 Å². The van der Waals surface area contributed by atoms with Gasteiger partial charge in [-0.25, -0.2) is 0 Å². The summed E-state index contributed by atoms with van der Waals surface area (Å²) in [5, 5.41) is 5.75. The van der Waals surface area contributed by atoms with Crippen LogP contribution in [0, 0.1) is 5.92 Å². The molecule has 18 heavy (non-hydrogen) atoms. The van der Waals surface area contributed by atoms with E-state index in [2.05, 4.69) is 48.6 Å². The van der Waals surface area contributed by atoms with Crippen LogP contribution in [0.1, 0.15) is 31.6 Å². The Balaban J connectivity index is 1.70. The highest BCUT2D eigenvalue weighted by Gasteiger charge is 2.33. The minimum Gasteiger partial charge on any atom is -0.314 e. The van der Waals surface area contributed by atoms with Gasteiger partial charge in [0.25, 0.3) is 0 Å². The van der Waals surface area contributed by atoms with Crippen molar-refractivity contribution in [1.82, 2.24) is 10.2 Å². The van der Waals surface area contributed by atoms with Crippen molar-refractivity contribution in [3.63, 3.8) is 0 Å². The molecular formula is C15H26N2S. The van der Waals surface area contributed by atoms with Crippen LogP contribution < -0.4 is 5.32 Å². The highest BCUT2D eigenvalue weighted by molar-refractivity contribution is 7.09. The largest absolute Gasteiger partial charge is 0.314 e. The van der Waals surface area contributed by atoms with Crippen molar-refractivity contribution in [3.8, 4) is 0 Å². The molecule has 0 bridgehead atoms. The van der Waals surface area contributed by atoms with Crippen molar-refractivity contribution in [3.05, 3.63) is 22.4 Å². The number of likely N-dealkylation sites (N-methyl/N-ethyl adjacent to an activating group) is 1. The molecule has 2 atom stereocenters. The molecule has 0 spiro atoms. The molecule has 102 valence electrons. The predicted molar refractivity (Wildman–Crippen MR) is 80.3 cm³/mol. The van der Waals surface area contributed by atoms with E-state index in [1.807, 2.05) is 11.3 Å². The summed E-state index contributed by atoms with van der Waals surface area (Å²) in [6.45, 7) is 6.84. The molecule has 0 saturated heterocycles. The number of rotatable bonds is 7. The van der Waals surface area contributed by atoms with Crippen LogP contribution in [-0.2, 0) is 6.42 Å². The molecule has 1 N–H and O–H groups in total. The van der Waals surface area contributed by atoms with Crippen LogP contribution in [0.4, 0.5) is 0 Å². The van der Waals surface area contributed by atoms with Gasteiger partial charge in [-0.15, -0.1) is 11.3 Å². The van der Waals surface area contributed by atoms with Crippen molar-refractivity contribution in [2.45, 2.75) is 45.2 Å². The Bertz CT molecular complexity index is 334. The van der Waals surface area contributed by atoms with Crippen LogP contribution in [0.5, 0.6) is 0 Å². The smallest absolute Gasteiger partial charge is 0.0133 e. The molecule has 1 aliphatic rings. The average Bonchev–Trinajstić information content (AvgIpc) is 2.77. The summed E-state index contributed by atoms with van der Waals surface area (Å²) >= 11 is 1.88. The lowest BCUT2D eigenvalue weighted by molar-refractivity contribution is 0.0836. The number of thiophene rings is 1. The van der Waals surface area contributed by atoms with Crippen LogP contribution in [0.25, 0.3) is 0 Å². The molecule has 1 aliphatic carbocycles. The first-order chi connectivity index (χ1) is 8.66. The zero-order valence-electron chi connectivity index (χ0n) is 11.9. The molecule has 1 fully saturated rings. The van der Waals surface area contributed by atoms with Gasteiger partial charge in [-0.05, 0) is 50.2 Å². The monoisotopic (exact) mass is 266 g/mol. The summed E-state index contributed by atoms with van der Waals surface area (Å²) in [5.74, 6) is 0.862. The van der Waals surface area contributed by atoms with Gasteiger partial charge in [0.2, 0.25) is 0 Å². The highest BCUT2D eigenvalue weighted by Crippen LogP contribution is 2.31. The lowest BCUT2D eigenvalue weighted by Crippen LogP contribution is -2.50. The van der Waals surface area contributed by atoms with Crippen molar-refractivity contribution in [2.24, 2.45) is 5.92 Å². The summed E-state index contributed by atoms with van der Waals surface area (Å²) in [5.41, 5.74) is 0. The molecule has 2 rings (SSSR count). The standard InChI is InChI=1S/C15H26N2S/c1-12(2)16-11-13-6-7-15(13)17(3)9-8-14-5-4-10-18-14/h4-5,10,12-13,15-16H,6-9,11H2,1-3H3. The zero-order chi connectivity index (χ0) is 13.0. The fraction of sp³-hybridized carbons (Fsp3) is 0.733. The fourth-order valence-electron chi connectivity index (χ4n) is 2.66. The van der Waals surface area contributed by atoms with Crippen LogP contribution in [0.3, 0.4) is 0 Å². The Hall–Kier alpha value is -0.380. The molecule has 1 heterocycles. The van der Waals surface area contributed by atoms with E-state index in [4.69, 9.17) is 0 Å². The summed E-state index contributed by atoms with van der Waals surface area (Å²) in [4.78, 5) is 4.08. The third-order valence-corrected chi connectivity index (χ3v) is 4.96. The van der Waals surface area contributed by atoms with Crippen LogP contribution in [-0.4, -0.2) is 37.1 Å². The Morgan fingerprint density at radius 3 is 2.83 bits per heavy atom. The Labute approximate surface area is 115 Å². The van der Waals surface area contributed by atoms with Crippen LogP contribution >= 0.6 is 11.3 Å². The molecule has 0 amide bonds. The number of hydrogen-bond acceptors (Lipinski definition) is 3. The first kappa shape index (κ1) is 14.0. The molecule has 0 aliphatic heterocycles. The summed E-state index contributed by atoms with van der Waals surface area (Å²) in [6, 6.07) is 5.81. The van der Waals surface area contributed by atoms with E-state index < -0.39 is 0 Å². The van der Waals surface area contributed by atoms with E-state index in [1.165, 1.54) is 37.2 Å². The van der Waals surface area contributed by atoms with Crippen molar-refractivity contribution < 1.29 is 0 Å². The van der Waals surface area contributed by atoms with E-state index in [0.717, 1.165) is 12.0 Å². The molecule has 3 heteroatoms. The maximum absolute atomic E-state index is 3.58. The third-order valence-electron chi connectivity index (χ3n) is 4.02. The van der Waals surface area contributed by atoms with E-state index in [1.54, 1.807) is 0 Å². The Morgan fingerprint density at radius 1 is 1.44 bits per heavy atom. The summed E-state index contributed by atoms with van der Waals surface area (Å²) in [7, 11) is 2.29. The van der Waals surface area contributed by atoms with Gasteiger partial charge < -0.3 is 10.2 Å². The van der Waals surface area contributed by atoms with Gasteiger partial charge in [-0.2, -0.15) is 0 Å². The average molecular weight is 266 g/mol. The zero-order valence-corrected chi connectivity index (χ0v) is 12.7. The molecule has 0 radical (unpaired) electrons. The first-order valence-corrected chi connectivity index (χ1v) is 8.01. The predicted octanol–water partition coefficient (Wildman–Crippen LogP) is 3.00. The highest BCUT2D eigenvalue weighted by atomic mass is 32.1. The number of hydrogen-bond donors (Lipinski definition) is 1. The lowest BCUT2D eigenvalue weighted by atomic mass is 9.78. The molecule has 2 nitrogen and oxygen atoms in total. The van der Waals surface area contributed by atoms with Crippen molar-refractivity contribution in [2.75, 3.05) is 20.1 Å². The van der Waals surface area contributed by atoms with E-state index in [0.29, 0.717) is 6.04 Å². The third kappa shape index (κ3) is 3.81.